The molecular formula is C18H21F2N3O2. The Morgan fingerprint density at radius 3 is 2.80 bits per heavy atom. The van der Waals surface area contributed by atoms with E-state index in [4.69, 9.17) is 4.74 Å². The van der Waals surface area contributed by atoms with Gasteiger partial charge < -0.3 is 9.64 Å². The third-order valence-corrected chi connectivity index (χ3v) is 4.65. The number of ether oxygens (including phenoxy) is 1. The number of hydrogen-bond donors (Lipinski definition) is 0. The van der Waals surface area contributed by atoms with Gasteiger partial charge in [-0.3, -0.25) is 4.79 Å². The lowest BCUT2D eigenvalue weighted by Gasteiger charge is -2.35. The van der Waals surface area contributed by atoms with Gasteiger partial charge in [0.15, 0.2) is 0 Å². The lowest BCUT2D eigenvalue weighted by Crippen LogP contribution is -2.47. The van der Waals surface area contributed by atoms with Gasteiger partial charge in [0.25, 0.3) is 12.3 Å². The van der Waals surface area contributed by atoms with Gasteiger partial charge in [0.1, 0.15) is 11.4 Å². The molecule has 2 heterocycles. The van der Waals surface area contributed by atoms with E-state index >= 15 is 0 Å². The number of benzene rings is 1. The highest BCUT2D eigenvalue weighted by molar-refractivity contribution is 5.95. The minimum absolute atomic E-state index is 0.336. The fourth-order valence-corrected chi connectivity index (χ4v) is 3.29. The predicted octanol–water partition coefficient (Wildman–Crippen LogP) is 3.45. The second-order valence-corrected chi connectivity index (χ2v) is 6.12. The largest absolute Gasteiger partial charge is 0.494 e. The second kappa shape index (κ2) is 7.21. The highest BCUT2D eigenvalue weighted by Gasteiger charge is 2.35. The van der Waals surface area contributed by atoms with Gasteiger partial charge in [0.2, 0.25) is 0 Å². The first kappa shape index (κ1) is 17.4. The number of alkyl halides is 2. The van der Waals surface area contributed by atoms with Crippen molar-refractivity contribution in [3.8, 4) is 11.4 Å². The number of methoxy groups -OCH3 is 1. The number of halogens is 2. The van der Waals surface area contributed by atoms with Crippen LogP contribution in [-0.4, -0.2) is 46.7 Å². The number of piperidine rings is 1. The van der Waals surface area contributed by atoms with E-state index in [1.807, 2.05) is 18.2 Å². The Morgan fingerprint density at radius 2 is 2.08 bits per heavy atom. The maximum Gasteiger partial charge on any atom is 0.258 e. The third kappa shape index (κ3) is 3.23. The number of nitrogens with zero attached hydrogens (tertiary/aromatic N) is 3. The summed E-state index contributed by atoms with van der Waals surface area (Å²) in [5.74, 6) is 0.236. The molecular weight excluding hydrogens is 328 g/mol. The maximum atomic E-state index is 13.3. The molecule has 1 saturated heterocycles. The van der Waals surface area contributed by atoms with Crippen LogP contribution < -0.4 is 4.74 Å². The van der Waals surface area contributed by atoms with Crippen LogP contribution in [0.2, 0.25) is 0 Å². The monoisotopic (exact) mass is 349 g/mol. The molecule has 134 valence electrons. The zero-order chi connectivity index (χ0) is 18.0. The molecule has 1 fully saturated rings. The Balaban J connectivity index is 1.94. The molecule has 1 atom stereocenters. The summed E-state index contributed by atoms with van der Waals surface area (Å²) >= 11 is 0. The van der Waals surface area contributed by atoms with E-state index in [0.29, 0.717) is 35.7 Å². The van der Waals surface area contributed by atoms with Gasteiger partial charge in [-0.15, -0.1) is 0 Å². The zero-order valence-corrected chi connectivity index (χ0v) is 14.3. The van der Waals surface area contributed by atoms with Crippen LogP contribution in [0.25, 0.3) is 5.69 Å². The van der Waals surface area contributed by atoms with Crippen LogP contribution in [0.3, 0.4) is 0 Å². The Labute approximate surface area is 145 Å². The van der Waals surface area contributed by atoms with E-state index < -0.39 is 12.5 Å². The Morgan fingerprint density at radius 1 is 1.32 bits per heavy atom. The molecule has 3 rings (SSSR count). The average molecular weight is 349 g/mol. The molecule has 1 aliphatic heterocycles. The number of para-hydroxylation sites is 2. The summed E-state index contributed by atoms with van der Waals surface area (Å²) in [4.78, 5) is 14.1. The number of hydrogen-bond acceptors (Lipinski definition) is 3. The fraction of sp³-hybridized carbons (Fsp3) is 0.444. The van der Waals surface area contributed by atoms with Crippen LogP contribution in [-0.2, 0) is 0 Å². The van der Waals surface area contributed by atoms with E-state index in [2.05, 4.69) is 5.10 Å². The van der Waals surface area contributed by atoms with Gasteiger partial charge in [0.05, 0.1) is 30.6 Å². The molecule has 1 unspecified atom stereocenters. The fourth-order valence-electron chi connectivity index (χ4n) is 3.29. The van der Waals surface area contributed by atoms with E-state index in [1.54, 1.807) is 24.8 Å². The molecule has 1 aliphatic rings. The van der Waals surface area contributed by atoms with E-state index in [9.17, 15) is 13.6 Å². The van der Waals surface area contributed by atoms with Gasteiger partial charge in [0, 0.05) is 6.54 Å². The number of aromatic nitrogens is 2. The number of carbonyl (C=O) groups excluding carboxylic acids is 1. The molecule has 5 nitrogen and oxygen atoms in total. The first-order valence-electron chi connectivity index (χ1n) is 8.31. The van der Waals surface area contributed by atoms with Crippen molar-refractivity contribution in [3.63, 3.8) is 0 Å². The quantitative estimate of drug-likeness (QED) is 0.849. The lowest BCUT2D eigenvalue weighted by molar-refractivity contribution is 0.00679. The summed E-state index contributed by atoms with van der Waals surface area (Å²) in [5, 5.41) is 4.28. The molecule has 7 heteroatoms. The van der Waals surface area contributed by atoms with Crippen molar-refractivity contribution in [1.82, 2.24) is 14.7 Å². The Kier molecular flexibility index (Phi) is 5.01. The van der Waals surface area contributed by atoms with E-state index in [0.717, 1.165) is 12.8 Å². The van der Waals surface area contributed by atoms with Crippen LogP contribution >= 0.6 is 0 Å². The normalized spacial score (nSPS) is 17.8. The molecule has 0 N–H and O–H groups in total. The molecule has 1 aromatic heterocycles. The van der Waals surface area contributed by atoms with Gasteiger partial charge in [-0.1, -0.05) is 12.1 Å². The zero-order valence-electron chi connectivity index (χ0n) is 14.3. The summed E-state index contributed by atoms with van der Waals surface area (Å²) in [6.45, 7) is 2.11. The van der Waals surface area contributed by atoms with Crippen molar-refractivity contribution in [1.29, 1.82) is 0 Å². The number of rotatable bonds is 4. The molecule has 0 spiro atoms. The van der Waals surface area contributed by atoms with Gasteiger partial charge in [-0.2, -0.15) is 5.10 Å². The molecule has 2 aromatic rings. The number of carbonyl (C=O) groups is 1. The summed E-state index contributed by atoms with van der Waals surface area (Å²) in [5.41, 5.74) is 1.65. The average Bonchev–Trinajstić information content (AvgIpc) is 3.02. The maximum absolute atomic E-state index is 13.3. The molecule has 0 saturated carbocycles. The van der Waals surface area contributed by atoms with Crippen molar-refractivity contribution < 1.29 is 18.3 Å². The number of amides is 1. The van der Waals surface area contributed by atoms with Crippen molar-refractivity contribution >= 4 is 5.91 Å². The van der Waals surface area contributed by atoms with Crippen LogP contribution in [0.15, 0.2) is 30.5 Å². The van der Waals surface area contributed by atoms with Crippen LogP contribution in [0.1, 0.15) is 35.3 Å². The topological polar surface area (TPSA) is 47.4 Å². The minimum atomic E-state index is -2.53. The smallest absolute Gasteiger partial charge is 0.258 e. The van der Waals surface area contributed by atoms with Gasteiger partial charge >= 0.3 is 0 Å². The third-order valence-electron chi connectivity index (χ3n) is 4.65. The Bertz CT molecular complexity index is 761. The molecule has 0 bridgehead atoms. The van der Waals surface area contributed by atoms with E-state index in [-0.39, 0.29) is 5.91 Å². The second-order valence-electron chi connectivity index (χ2n) is 6.12. The van der Waals surface area contributed by atoms with E-state index in [1.165, 1.54) is 11.1 Å². The summed E-state index contributed by atoms with van der Waals surface area (Å²) in [6.07, 6.45) is 0.714. The molecule has 0 radical (unpaired) electrons. The summed E-state index contributed by atoms with van der Waals surface area (Å²) < 4.78 is 33.5. The first-order valence-corrected chi connectivity index (χ1v) is 8.31. The highest BCUT2D eigenvalue weighted by Crippen LogP contribution is 2.27. The van der Waals surface area contributed by atoms with Crippen LogP contribution in [0.5, 0.6) is 5.75 Å². The van der Waals surface area contributed by atoms with Gasteiger partial charge in [-0.05, 0) is 38.3 Å². The van der Waals surface area contributed by atoms with Crippen molar-refractivity contribution in [2.75, 3.05) is 13.7 Å². The molecule has 1 aromatic carbocycles. The minimum Gasteiger partial charge on any atom is -0.494 e. The van der Waals surface area contributed by atoms with Gasteiger partial charge in [-0.25, -0.2) is 13.5 Å². The predicted molar refractivity (Wildman–Crippen MR) is 89.5 cm³/mol. The summed E-state index contributed by atoms with van der Waals surface area (Å²) in [6, 6.07) is 6.30. The lowest BCUT2D eigenvalue weighted by atomic mass is 10.0. The number of likely N-dealkylation sites (tertiary alicyclic amines) is 1. The van der Waals surface area contributed by atoms with Crippen LogP contribution in [0.4, 0.5) is 8.78 Å². The standard InChI is InChI=1S/C18H21F2N3O2/c1-12-13(18(24)22-10-6-5-8-15(22)17(19)20)11-21-23(12)14-7-3-4-9-16(14)25-2/h3-4,7,9,11,15,17H,5-6,8,10H2,1-2H3. The van der Waals surface area contributed by atoms with Crippen molar-refractivity contribution in [2.24, 2.45) is 0 Å². The SMILES string of the molecule is COc1ccccc1-n1ncc(C(=O)N2CCCCC2C(F)F)c1C. The van der Waals surface area contributed by atoms with Crippen molar-refractivity contribution in [2.45, 2.75) is 38.7 Å². The summed E-state index contributed by atoms with van der Waals surface area (Å²) in [7, 11) is 1.56. The van der Waals surface area contributed by atoms with Crippen molar-refractivity contribution in [3.05, 3.63) is 41.7 Å². The first-order chi connectivity index (χ1) is 12.0. The highest BCUT2D eigenvalue weighted by atomic mass is 19.3. The molecule has 0 aliphatic carbocycles. The Hall–Kier alpha value is -2.44. The molecule has 1 amide bonds. The van der Waals surface area contributed by atoms with Crippen LogP contribution in [0, 0.1) is 6.92 Å². The molecule has 25 heavy (non-hydrogen) atoms.